The van der Waals surface area contributed by atoms with Crippen molar-refractivity contribution in [2.45, 2.75) is 26.3 Å². The number of nitrogen functional groups attached to an aromatic ring is 1. The van der Waals surface area contributed by atoms with Gasteiger partial charge in [-0.3, -0.25) is 10.1 Å². The number of aromatic nitrogens is 2. The predicted octanol–water partition coefficient (Wildman–Crippen LogP) is 2.55. The van der Waals surface area contributed by atoms with E-state index in [2.05, 4.69) is 18.8 Å². The van der Waals surface area contributed by atoms with Gasteiger partial charge in [-0.1, -0.05) is 26.0 Å². The second kappa shape index (κ2) is 5.09. The average Bonchev–Trinajstić information content (AvgIpc) is 2.79. The highest BCUT2D eigenvalue weighted by Gasteiger charge is 2.15. The molecular weight excluding hydrogens is 244 g/mol. The summed E-state index contributed by atoms with van der Waals surface area (Å²) < 4.78 is 1.96. The van der Waals surface area contributed by atoms with Crippen molar-refractivity contribution < 1.29 is 4.92 Å². The summed E-state index contributed by atoms with van der Waals surface area (Å²) in [5, 5.41) is 10.9. The Bertz CT molecular complexity index is 604. The molecule has 0 spiro atoms. The van der Waals surface area contributed by atoms with Gasteiger partial charge in [-0.15, -0.1) is 0 Å². The number of hydrogen-bond acceptors (Lipinski definition) is 4. The maximum Gasteiger partial charge on any atom is 0.292 e. The lowest BCUT2D eigenvalue weighted by molar-refractivity contribution is -0.383. The molecule has 0 unspecified atom stereocenters. The van der Waals surface area contributed by atoms with E-state index in [0.717, 1.165) is 11.4 Å². The normalized spacial score (nSPS) is 10.9. The molecule has 0 saturated carbocycles. The number of imidazole rings is 1. The molecule has 2 rings (SSSR count). The second-order valence-electron chi connectivity index (χ2n) is 4.68. The molecule has 0 aliphatic rings. The Labute approximate surface area is 111 Å². The largest absolute Gasteiger partial charge is 0.393 e. The molecule has 1 aromatic carbocycles. The number of rotatable bonds is 4. The van der Waals surface area contributed by atoms with Gasteiger partial charge in [-0.2, -0.15) is 0 Å². The highest BCUT2D eigenvalue weighted by Crippen LogP contribution is 2.26. The molecule has 0 aliphatic heterocycles. The fourth-order valence-corrected chi connectivity index (χ4v) is 2.04. The number of anilines is 1. The van der Waals surface area contributed by atoms with Crippen LogP contribution in [-0.2, 0) is 6.54 Å². The SMILES string of the molecule is CC(C)c1nccn1Cc1cccc([N+](=O)[O-])c1N. The van der Waals surface area contributed by atoms with Gasteiger partial charge in [-0.05, 0) is 0 Å². The Hall–Kier alpha value is -2.37. The van der Waals surface area contributed by atoms with Crippen LogP contribution in [0.3, 0.4) is 0 Å². The Morgan fingerprint density at radius 1 is 1.47 bits per heavy atom. The first kappa shape index (κ1) is 13.1. The van der Waals surface area contributed by atoms with Gasteiger partial charge in [0.1, 0.15) is 11.5 Å². The van der Waals surface area contributed by atoms with Crippen LogP contribution in [0.4, 0.5) is 11.4 Å². The number of nitrogens with two attached hydrogens (primary N) is 1. The van der Waals surface area contributed by atoms with Crippen LogP contribution in [0, 0.1) is 10.1 Å². The van der Waals surface area contributed by atoms with Crippen molar-refractivity contribution in [1.29, 1.82) is 0 Å². The molecule has 0 saturated heterocycles. The third kappa shape index (κ3) is 2.57. The zero-order valence-electron chi connectivity index (χ0n) is 10.9. The Balaban J connectivity index is 2.36. The van der Waals surface area contributed by atoms with E-state index < -0.39 is 4.92 Å². The molecule has 6 nitrogen and oxygen atoms in total. The van der Waals surface area contributed by atoms with Crippen LogP contribution in [0.2, 0.25) is 0 Å². The van der Waals surface area contributed by atoms with Crippen LogP contribution in [0.15, 0.2) is 30.6 Å². The first-order valence-corrected chi connectivity index (χ1v) is 6.03. The smallest absolute Gasteiger partial charge is 0.292 e. The summed E-state index contributed by atoms with van der Waals surface area (Å²) >= 11 is 0. The van der Waals surface area contributed by atoms with Crippen molar-refractivity contribution in [3.63, 3.8) is 0 Å². The van der Waals surface area contributed by atoms with E-state index in [1.807, 2.05) is 10.8 Å². The molecule has 6 heteroatoms. The van der Waals surface area contributed by atoms with Gasteiger partial charge in [0.15, 0.2) is 0 Å². The first-order valence-electron chi connectivity index (χ1n) is 6.03. The number of hydrogen-bond donors (Lipinski definition) is 1. The third-order valence-corrected chi connectivity index (χ3v) is 2.97. The van der Waals surface area contributed by atoms with Gasteiger partial charge in [0.2, 0.25) is 0 Å². The van der Waals surface area contributed by atoms with E-state index in [4.69, 9.17) is 5.73 Å². The maximum absolute atomic E-state index is 10.9. The Kier molecular flexibility index (Phi) is 3.50. The topological polar surface area (TPSA) is 87.0 Å². The second-order valence-corrected chi connectivity index (χ2v) is 4.68. The van der Waals surface area contributed by atoms with Gasteiger partial charge in [0.25, 0.3) is 5.69 Å². The molecule has 0 amide bonds. The average molecular weight is 260 g/mol. The summed E-state index contributed by atoms with van der Waals surface area (Å²) in [6, 6.07) is 4.86. The summed E-state index contributed by atoms with van der Waals surface area (Å²) in [7, 11) is 0. The number of benzene rings is 1. The number of nitrogens with zero attached hydrogens (tertiary/aromatic N) is 3. The molecule has 2 N–H and O–H groups in total. The van der Waals surface area contributed by atoms with Gasteiger partial charge in [0, 0.05) is 29.9 Å². The van der Waals surface area contributed by atoms with E-state index >= 15 is 0 Å². The van der Waals surface area contributed by atoms with Crippen molar-refractivity contribution in [3.05, 3.63) is 52.1 Å². The van der Waals surface area contributed by atoms with Crippen LogP contribution in [0.25, 0.3) is 0 Å². The lowest BCUT2D eigenvalue weighted by atomic mass is 10.1. The lowest BCUT2D eigenvalue weighted by Crippen LogP contribution is -2.08. The molecule has 0 atom stereocenters. The van der Waals surface area contributed by atoms with E-state index in [1.165, 1.54) is 6.07 Å². The molecule has 0 fully saturated rings. The fraction of sp³-hybridized carbons (Fsp3) is 0.308. The van der Waals surface area contributed by atoms with Crippen molar-refractivity contribution in [2.75, 3.05) is 5.73 Å². The van der Waals surface area contributed by atoms with E-state index in [9.17, 15) is 10.1 Å². The number of nitro benzene ring substituents is 1. The molecule has 1 heterocycles. The monoisotopic (exact) mass is 260 g/mol. The van der Waals surface area contributed by atoms with Gasteiger partial charge in [0.05, 0.1) is 11.5 Å². The predicted molar refractivity (Wildman–Crippen MR) is 72.9 cm³/mol. The molecule has 100 valence electrons. The Morgan fingerprint density at radius 3 is 2.84 bits per heavy atom. The van der Waals surface area contributed by atoms with E-state index in [0.29, 0.717) is 6.54 Å². The lowest BCUT2D eigenvalue weighted by Gasteiger charge is -2.12. The van der Waals surface area contributed by atoms with Crippen molar-refractivity contribution in [1.82, 2.24) is 9.55 Å². The summed E-state index contributed by atoms with van der Waals surface area (Å²) in [4.78, 5) is 14.7. The fourth-order valence-electron chi connectivity index (χ4n) is 2.04. The van der Waals surface area contributed by atoms with Crippen molar-refractivity contribution in [2.24, 2.45) is 0 Å². The highest BCUT2D eigenvalue weighted by atomic mass is 16.6. The summed E-state index contributed by atoms with van der Waals surface area (Å²) in [5.74, 6) is 1.22. The third-order valence-electron chi connectivity index (χ3n) is 2.97. The molecule has 1 aromatic heterocycles. The summed E-state index contributed by atoms with van der Waals surface area (Å²) in [5.41, 5.74) is 6.75. The molecule has 0 radical (unpaired) electrons. The van der Waals surface area contributed by atoms with Gasteiger partial charge >= 0.3 is 0 Å². The minimum atomic E-state index is -0.462. The van der Waals surface area contributed by atoms with E-state index in [1.54, 1.807) is 18.3 Å². The molecule has 0 bridgehead atoms. The van der Waals surface area contributed by atoms with Crippen molar-refractivity contribution >= 4 is 11.4 Å². The molecular formula is C13H16N4O2. The zero-order valence-corrected chi connectivity index (χ0v) is 10.9. The molecule has 2 aromatic rings. The number of para-hydroxylation sites is 1. The molecule has 0 aliphatic carbocycles. The quantitative estimate of drug-likeness (QED) is 0.520. The van der Waals surface area contributed by atoms with E-state index in [-0.39, 0.29) is 17.3 Å². The number of nitro groups is 1. The van der Waals surface area contributed by atoms with Crippen LogP contribution in [-0.4, -0.2) is 14.5 Å². The van der Waals surface area contributed by atoms with Crippen LogP contribution >= 0.6 is 0 Å². The summed E-state index contributed by atoms with van der Waals surface area (Å²) in [6.45, 7) is 4.59. The van der Waals surface area contributed by atoms with Crippen molar-refractivity contribution in [3.8, 4) is 0 Å². The molecule has 19 heavy (non-hydrogen) atoms. The highest BCUT2D eigenvalue weighted by molar-refractivity contribution is 5.63. The summed E-state index contributed by atoms with van der Waals surface area (Å²) in [6.07, 6.45) is 3.58. The minimum Gasteiger partial charge on any atom is -0.393 e. The standard InChI is InChI=1S/C13H16N4O2/c1-9(2)13-15-6-7-16(13)8-10-4-3-5-11(12(10)14)17(18)19/h3-7,9H,8,14H2,1-2H3. The van der Waals surface area contributed by atoms with Gasteiger partial charge in [-0.25, -0.2) is 4.98 Å². The first-order chi connectivity index (χ1) is 9.00. The van der Waals surface area contributed by atoms with Gasteiger partial charge < -0.3 is 10.3 Å². The Morgan fingerprint density at radius 2 is 2.21 bits per heavy atom. The maximum atomic E-state index is 10.9. The minimum absolute atomic E-state index is 0.0521. The zero-order chi connectivity index (χ0) is 14.0. The van der Waals surface area contributed by atoms with Crippen LogP contribution in [0.1, 0.15) is 31.2 Å². The van der Waals surface area contributed by atoms with Crippen LogP contribution in [0.5, 0.6) is 0 Å². The van der Waals surface area contributed by atoms with Crippen LogP contribution < -0.4 is 5.73 Å².